The van der Waals surface area contributed by atoms with Gasteiger partial charge in [0.1, 0.15) is 6.04 Å². The fraction of sp³-hybridized carbons (Fsp3) is 0.517. The molecule has 1 saturated carbocycles. The molecule has 2 aliphatic rings. The maximum Gasteiger partial charge on any atom is 0.302 e. The van der Waals surface area contributed by atoms with Crippen molar-refractivity contribution in [2.45, 2.75) is 68.5 Å². The molecule has 2 aromatic carbocycles. The number of hydrogen-bond acceptors (Lipinski definition) is 9. The average Bonchev–Trinajstić information content (AvgIpc) is 3.81. The van der Waals surface area contributed by atoms with Crippen molar-refractivity contribution in [3.05, 3.63) is 42.5 Å². The first-order valence-corrected chi connectivity index (χ1v) is 15.8. The first-order valence-electron chi connectivity index (χ1n) is 14.4. The van der Waals surface area contributed by atoms with Crippen molar-refractivity contribution >= 4 is 44.8 Å². The highest BCUT2D eigenvalue weighted by atomic mass is 32.2. The Morgan fingerprint density at radius 2 is 1.93 bits per heavy atom. The van der Waals surface area contributed by atoms with Gasteiger partial charge in [0.15, 0.2) is 0 Å². The maximum atomic E-state index is 13.9. The van der Waals surface area contributed by atoms with E-state index in [4.69, 9.17) is 10.6 Å². The molecule has 2 aromatic rings. The number of esters is 1. The van der Waals surface area contributed by atoms with Crippen molar-refractivity contribution in [3.63, 3.8) is 0 Å². The number of hydrazone groups is 1. The highest BCUT2D eigenvalue weighted by Crippen LogP contribution is 2.28. The quantitative estimate of drug-likeness (QED) is 0.0825. The first-order chi connectivity index (χ1) is 20.2. The largest absolute Gasteiger partial charge is 0.466 e. The molecule has 42 heavy (non-hydrogen) atoms. The standard InChI is InChI=1S/C29H40N6O6S/c1-20(36)41-15-5-14-35(24-10-11-24)29(38)26(17-28(37)33-27(19-32-30)23-8-4-13-31-18-23)34-42(39,40)25-12-9-21-6-2-3-7-22(21)16-25/h2-3,6-7,9,12,16,19,23-24,26-27,31,34H,4-5,8,10-11,13-15,17-18,30H2,1H3,(H,33,37)/t23-,26-,27?/m0/s1. The number of carbonyl (C=O) groups excluding carboxylic acids is 3. The van der Waals surface area contributed by atoms with Crippen LogP contribution in [0.15, 0.2) is 52.5 Å². The Morgan fingerprint density at radius 1 is 1.17 bits per heavy atom. The van der Waals surface area contributed by atoms with Crippen molar-refractivity contribution in [3.8, 4) is 0 Å². The van der Waals surface area contributed by atoms with E-state index in [1.807, 2.05) is 24.3 Å². The van der Waals surface area contributed by atoms with Crippen LogP contribution < -0.4 is 21.2 Å². The highest BCUT2D eigenvalue weighted by molar-refractivity contribution is 7.89. The van der Waals surface area contributed by atoms with Crippen LogP contribution in [0.5, 0.6) is 0 Å². The number of nitrogens with two attached hydrogens (primary N) is 1. The van der Waals surface area contributed by atoms with Crippen LogP contribution in [-0.2, 0) is 29.1 Å². The zero-order valence-corrected chi connectivity index (χ0v) is 24.6. The lowest BCUT2D eigenvalue weighted by Crippen LogP contribution is -2.53. The number of fused-ring (bicyclic) bond motifs is 1. The van der Waals surface area contributed by atoms with Crippen LogP contribution in [0, 0.1) is 5.92 Å². The SMILES string of the molecule is CC(=O)OCCCN(C(=O)[C@H](CC(=O)NC(C=NN)[C@H]1CCCNC1)NS(=O)(=O)c1ccc2ccccc2c1)C1CC1. The lowest BCUT2D eigenvalue weighted by Gasteiger charge is -2.30. The molecule has 0 bridgehead atoms. The summed E-state index contributed by atoms with van der Waals surface area (Å²) in [6, 6.07) is 10.2. The third-order valence-corrected chi connectivity index (χ3v) is 9.02. The molecule has 2 fully saturated rings. The number of amides is 2. The van der Waals surface area contributed by atoms with Crippen molar-refractivity contribution in [2.75, 3.05) is 26.2 Å². The molecular formula is C29H40N6O6S. The number of hydrogen-bond donors (Lipinski definition) is 4. The Bertz CT molecular complexity index is 1390. The molecule has 1 unspecified atom stereocenters. The van der Waals surface area contributed by atoms with Crippen LogP contribution in [-0.4, -0.2) is 81.7 Å². The second kappa shape index (κ2) is 14.6. The molecule has 4 rings (SSSR count). The topological polar surface area (TPSA) is 172 Å². The molecule has 12 nitrogen and oxygen atoms in total. The number of nitrogens with zero attached hydrogens (tertiary/aromatic N) is 2. The molecule has 5 N–H and O–H groups in total. The van der Waals surface area contributed by atoms with Crippen LogP contribution in [0.25, 0.3) is 10.8 Å². The van der Waals surface area contributed by atoms with E-state index in [-0.39, 0.29) is 30.0 Å². The number of carbonyl (C=O) groups is 3. The molecule has 1 saturated heterocycles. The van der Waals surface area contributed by atoms with E-state index in [1.54, 1.807) is 17.0 Å². The number of sulfonamides is 1. The van der Waals surface area contributed by atoms with Gasteiger partial charge in [0.2, 0.25) is 21.8 Å². The highest BCUT2D eigenvalue weighted by Gasteiger charge is 2.38. The summed E-state index contributed by atoms with van der Waals surface area (Å²) in [6.07, 6.45) is 4.80. The predicted molar refractivity (Wildman–Crippen MR) is 159 cm³/mol. The molecule has 0 spiro atoms. The summed E-state index contributed by atoms with van der Waals surface area (Å²) in [5.74, 6) is 4.06. The predicted octanol–water partition coefficient (Wildman–Crippen LogP) is 1.25. The van der Waals surface area contributed by atoms with E-state index in [0.29, 0.717) is 13.0 Å². The van der Waals surface area contributed by atoms with Crippen molar-refractivity contribution < 1.29 is 27.5 Å². The third kappa shape index (κ3) is 8.73. The van der Waals surface area contributed by atoms with E-state index < -0.39 is 46.3 Å². The molecule has 228 valence electrons. The minimum absolute atomic E-state index is 0.00587. The van der Waals surface area contributed by atoms with E-state index in [0.717, 1.165) is 43.0 Å². The molecule has 13 heteroatoms. The van der Waals surface area contributed by atoms with E-state index in [9.17, 15) is 22.8 Å². The van der Waals surface area contributed by atoms with Crippen molar-refractivity contribution in [2.24, 2.45) is 16.9 Å². The van der Waals surface area contributed by atoms with Gasteiger partial charge < -0.3 is 26.1 Å². The van der Waals surface area contributed by atoms with Crippen LogP contribution in [0.4, 0.5) is 0 Å². The van der Waals surface area contributed by atoms with Crippen LogP contribution in [0.3, 0.4) is 0 Å². The Kier molecular flexibility index (Phi) is 10.9. The van der Waals surface area contributed by atoms with Gasteiger partial charge in [-0.3, -0.25) is 14.4 Å². The van der Waals surface area contributed by atoms with Gasteiger partial charge in [0, 0.05) is 32.3 Å². The Balaban J connectivity index is 1.55. The number of benzene rings is 2. The number of rotatable bonds is 14. The lowest BCUT2D eigenvalue weighted by molar-refractivity contribution is -0.141. The Labute approximate surface area is 246 Å². The van der Waals surface area contributed by atoms with Gasteiger partial charge in [-0.25, -0.2) is 8.42 Å². The Hall–Kier alpha value is -3.55. The van der Waals surface area contributed by atoms with Gasteiger partial charge in [-0.05, 0) is 67.5 Å². The van der Waals surface area contributed by atoms with Gasteiger partial charge in [0.05, 0.1) is 24.0 Å². The van der Waals surface area contributed by atoms with Gasteiger partial charge in [-0.2, -0.15) is 9.82 Å². The molecule has 1 aliphatic carbocycles. The van der Waals surface area contributed by atoms with E-state index in [2.05, 4.69) is 20.5 Å². The molecule has 0 aromatic heterocycles. The van der Waals surface area contributed by atoms with Gasteiger partial charge in [-0.1, -0.05) is 30.3 Å². The fourth-order valence-corrected chi connectivity index (χ4v) is 6.49. The molecular weight excluding hydrogens is 560 g/mol. The minimum Gasteiger partial charge on any atom is -0.466 e. The average molecular weight is 601 g/mol. The molecule has 3 atom stereocenters. The van der Waals surface area contributed by atoms with Crippen LogP contribution >= 0.6 is 0 Å². The van der Waals surface area contributed by atoms with Crippen molar-refractivity contribution in [1.82, 2.24) is 20.3 Å². The molecule has 1 heterocycles. The Morgan fingerprint density at radius 3 is 2.60 bits per heavy atom. The smallest absolute Gasteiger partial charge is 0.302 e. The van der Waals surface area contributed by atoms with E-state index in [1.165, 1.54) is 19.2 Å². The van der Waals surface area contributed by atoms with Gasteiger partial charge in [-0.15, -0.1) is 0 Å². The summed E-state index contributed by atoms with van der Waals surface area (Å²) in [5.41, 5.74) is 0. The number of nitrogens with one attached hydrogen (secondary N) is 3. The van der Waals surface area contributed by atoms with Crippen molar-refractivity contribution in [1.29, 1.82) is 0 Å². The minimum atomic E-state index is -4.18. The monoisotopic (exact) mass is 600 g/mol. The zero-order chi connectivity index (χ0) is 30.1. The first kappa shape index (κ1) is 31.4. The fourth-order valence-electron chi connectivity index (χ4n) is 5.26. The van der Waals surface area contributed by atoms with E-state index >= 15 is 0 Å². The van der Waals surface area contributed by atoms with Crippen LogP contribution in [0.1, 0.15) is 45.4 Å². The molecule has 0 radical (unpaired) electrons. The number of piperidine rings is 1. The summed E-state index contributed by atoms with van der Waals surface area (Å²) in [4.78, 5) is 40.0. The number of ether oxygens (including phenoxy) is 1. The second-order valence-corrected chi connectivity index (χ2v) is 12.6. The summed E-state index contributed by atoms with van der Waals surface area (Å²) >= 11 is 0. The summed E-state index contributed by atoms with van der Waals surface area (Å²) in [6.45, 7) is 3.27. The second-order valence-electron chi connectivity index (χ2n) is 10.8. The lowest BCUT2D eigenvalue weighted by atomic mass is 9.92. The maximum absolute atomic E-state index is 13.9. The zero-order valence-electron chi connectivity index (χ0n) is 23.8. The third-order valence-electron chi connectivity index (χ3n) is 7.55. The van der Waals surface area contributed by atoms with Gasteiger partial charge in [0.25, 0.3) is 0 Å². The van der Waals surface area contributed by atoms with Gasteiger partial charge >= 0.3 is 5.97 Å². The normalized spacial score (nSPS) is 18.8. The summed E-state index contributed by atoms with van der Waals surface area (Å²) in [5, 5.41) is 11.4. The van der Waals surface area contributed by atoms with Crippen LogP contribution in [0.2, 0.25) is 0 Å². The molecule has 2 amide bonds. The summed E-state index contributed by atoms with van der Waals surface area (Å²) < 4.78 is 34.7. The summed E-state index contributed by atoms with van der Waals surface area (Å²) in [7, 11) is -4.18. The molecule has 1 aliphatic heterocycles.